The third-order valence-electron chi connectivity index (χ3n) is 4.22. The van der Waals surface area contributed by atoms with Crippen molar-refractivity contribution in [3.8, 4) is 11.5 Å². The van der Waals surface area contributed by atoms with Crippen LogP contribution in [0.25, 0.3) is 0 Å². The fourth-order valence-electron chi connectivity index (χ4n) is 2.69. The number of ether oxygens (including phenoxy) is 3. The second-order valence-electron chi connectivity index (χ2n) is 6.10. The van der Waals surface area contributed by atoms with Crippen LogP contribution in [0.15, 0.2) is 42.5 Å². The Morgan fingerprint density at radius 3 is 2.36 bits per heavy atom. The Morgan fingerprint density at radius 2 is 1.75 bits per heavy atom. The maximum absolute atomic E-state index is 12.8. The van der Waals surface area contributed by atoms with Gasteiger partial charge in [0.25, 0.3) is 0 Å². The summed E-state index contributed by atoms with van der Waals surface area (Å²) < 4.78 is 15.3. The lowest BCUT2D eigenvalue weighted by Gasteiger charge is -2.24. The van der Waals surface area contributed by atoms with Gasteiger partial charge in [0.1, 0.15) is 17.6 Å². The zero-order chi connectivity index (χ0) is 20.7. The first-order chi connectivity index (χ1) is 13.4. The van der Waals surface area contributed by atoms with E-state index in [1.807, 2.05) is 6.92 Å². The molecule has 0 amide bonds. The van der Waals surface area contributed by atoms with E-state index in [0.29, 0.717) is 17.2 Å². The summed E-state index contributed by atoms with van der Waals surface area (Å²) >= 11 is 0. The Morgan fingerprint density at radius 1 is 1.07 bits per heavy atom. The SMILES string of the molecule is CCOC(=O)[C@H](Nc1ccc(OC)cc1C)[C@@H](O)C(=O)c1cccc(OC)c1. The molecule has 0 aromatic heterocycles. The van der Waals surface area contributed by atoms with Crippen molar-refractivity contribution >= 4 is 17.4 Å². The van der Waals surface area contributed by atoms with Crippen molar-refractivity contribution < 1.29 is 28.9 Å². The molecule has 28 heavy (non-hydrogen) atoms. The summed E-state index contributed by atoms with van der Waals surface area (Å²) in [6.07, 6.45) is -1.65. The van der Waals surface area contributed by atoms with E-state index in [-0.39, 0.29) is 12.2 Å². The van der Waals surface area contributed by atoms with Crippen LogP contribution in [-0.2, 0) is 9.53 Å². The van der Waals surface area contributed by atoms with E-state index in [0.717, 1.165) is 5.56 Å². The monoisotopic (exact) mass is 387 g/mol. The molecule has 0 spiro atoms. The minimum Gasteiger partial charge on any atom is -0.497 e. The van der Waals surface area contributed by atoms with Crippen LogP contribution in [0.3, 0.4) is 0 Å². The summed E-state index contributed by atoms with van der Waals surface area (Å²) in [5.41, 5.74) is 1.60. The Balaban J connectivity index is 2.31. The average molecular weight is 387 g/mol. The number of methoxy groups -OCH3 is 2. The molecule has 2 N–H and O–H groups in total. The van der Waals surface area contributed by atoms with Gasteiger partial charge in [0, 0.05) is 11.3 Å². The van der Waals surface area contributed by atoms with Crippen molar-refractivity contribution in [3.05, 3.63) is 53.6 Å². The van der Waals surface area contributed by atoms with Gasteiger partial charge in [-0.2, -0.15) is 0 Å². The number of ketones is 1. The van der Waals surface area contributed by atoms with Gasteiger partial charge in [-0.15, -0.1) is 0 Å². The second kappa shape index (κ2) is 9.75. The smallest absolute Gasteiger partial charge is 0.331 e. The zero-order valence-electron chi connectivity index (χ0n) is 16.4. The molecule has 0 radical (unpaired) electrons. The van der Waals surface area contributed by atoms with Crippen molar-refractivity contribution in [2.75, 3.05) is 26.1 Å². The molecule has 7 nitrogen and oxygen atoms in total. The Bertz CT molecular complexity index is 835. The predicted octanol–water partition coefficient (Wildman–Crippen LogP) is 2.60. The summed E-state index contributed by atoms with van der Waals surface area (Å²) in [6.45, 7) is 3.60. The zero-order valence-corrected chi connectivity index (χ0v) is 16.4. The number of aliphatic hydroxyl groups is 1. The maximum atomic E-state index is 12.8. The van der Waals surface area contributed by atoms with Gasteiger partial charge >= 0.3 is 5.97 Å². The quantitative estimate of drug-likeness (QED) is 0.504. The number of carbonyl (C=O) groups is 2. The molecule has 0 saturated carbocycles. The lowest BCUT2D eigenvalue weighted by molar-refractivity contribution is -0.145. The third kappa shape index (κ3) is 5.01. The molecular formula is C21H25NO6. The molecule has 2 aromatic rings. The summed E-state index contributed by atoms with van der Waals surface area (Å²) in [5.74, 6) is -0.203. The highest BCUT2D eigenvalue weighted by Crippen LogP contribution is 2.23. The summed E-state index contributed by atoms with van der Waals surface area (Å²) in [7, 11) is 3.04. The molecule has 0 unspecified atom stereocenters. The van der Waals surface area contributed by atoms with Crippen LogP contribution in [0.1, 0.15) is 22.8 Å². The molecule has 0 aliphatic rings. The van der Waals surface area contributed by atoms with E-state index >= 15 is 0 Å². The van der Waals surface area contributed by atoms with Crippen molar-refractivity contribution in [2.45, 2.75) is 26.0 Å². The van der Waals surface area contributed by atoms with E-state index in [2.05, 4.69) is 5.32 Å². The molecule has 0 aliphatic heterocycles. The molecule has 150 valence electrons. The first-order valence-corrected chi connectivity index (χ1v) is 8.85. The van der Waals surface area contributed by atoms with Crippen molar-refractivity contribution in [2.24, 2.45) is 0 Å². The van der Waals surface area contributed by atoms with Gasteiger partial charge in [-0.3, -0.25) is 4.79 Å². The molecule has 2 rings (SSSR count). The van der Waals surface area contributed by atoms with Gasteiger partial charge in [0.2, 0.25) is 0 Å². The molecule has 0 saturated heterocycles. The van der Waals surface area contributed by atoms with Crippen molar-refractivity contribution in [1.29, 1.82) is 0 Å². The lowest BCUT2D eigenvalue weighted by atomic mass is 9.99. The van der Waals surface area contributed by atoms with E-state index in [1.165, 1.54) is 13.2 Å². The highest BCUT2D eigenvalue weighted by Gasteiger charge is 2.34. The van der Waals surface area contributed by atoms with Gasteiger partial charge in [0.15, 0.2) is 11.8 Å². The first kappa shape index (κ1) is 21.2. The molecule has 7 heteroatoms. The number of Topliss-reactive ketones (excluding diaryl/α,β-unsaturated/α-hetero) is 1. The Labute approximate surface area is 164 Å². The molecule has 0 fully saturated rings. The van der Waals surface area contributed by atoms with Crippen LogP contribution in [0, 0.1) is 6.92 Å². The number of benzene rings is 2. The van der Waals surface area contributed by atoms with Crippen LogP contribution >= 0.6 is 0 Å². The highest BCUT2D eigenvalue weighted by atomic mass is 16.5. The number of hydrogen-bond acceptors (Lipinski definition) is 7. The number of rotatable bonds is 9. The van der Waals surface area contributed by atoms with Gasteiger partial charge < -0.3 is 24.6 Å². The molecule has 0 heterocycles. The van der Waals surface area contributed by atoms with Crippen molar-refractivity contribution in [1.82, 2.24) is 0 Å². The number of nitrogens with one attached hydrogen (secondary N) is 1. The number of anilines is 1. The summed E-state index contributed by atoms with van der Waals surface area (Å²) in [5, 5.41) is 13.6. The number of carbonyl (C=O) groups excluding carboxylic acids is 2. The standard InChI is InChI=1S/C21H25NO6/c1-5-28-21(25)18(22-17-10-9-16(27-4)11-13(17)2)20(24)19(23)14-7-6-8-15(12-14)26-3/h6-12,18,20,22,24H,5H2,1-4H3/t18-,20-/m1/s1. The average Bonchev–Trinajstić information content (AvgIpc) is 2.71. The van der Waals surface area contributed by atoms with E-state index < -0.39 is 23.9 Å². The second-order valence-corrected chi connectivity index (χ2v) is 6.10. The fourth-order valence-corrected chi connectivity index (χ4v) is 2.69. The van der Waals surface area contributed by atoms with Gasteiger partial charge in [-0.1, -0.05) is 12.1 Å². The summed E-state index contributed by atoms with van der Waals surface area (Å²) in [4.78, 5) is 25.2. The maximum Gasteiger partial charge on any atom is 0.331 e. The largest absolute Gasteiger partial charge is 0.497 e. The molecular weight excluding hydrogens is 362 g/mol. The molecule has 0 aliphatic carbocycles. The van der Waals surface area contributed by atoms with Gasteiger partial charge in [0.05, 0.1) is 20.8 Å². The van der Waals surface area contributed by atoms with E-state index in [9.17, 15) is 14.7 Å². The van der Waals surface area contributed by atoms with Crippen LogP contribution < -0.4 is 14.8 Å². The Hall–Kier alpha value is -3.06. The first-order valence-electron chi connectivity index (χ1n) is 8.85. The normalized spacial score (nSPS) is 12.6. The van der Waals surface area contributed by atoms with E-state index in [1.54, 1.807) is 50.4 Å². The van der Waals surface area contributed by atoms with Crippen molar-refractivity contribution in [3.63, 3.8) is 0 Å². The Kier molecular flexibility index (Phi) is 7.40. The molecule has 2 atom stereocenters. The number of aryl methyl sites for hydroxylation is 1. The van der Waals surface area contributed by atoms with Gasteiger partial charge in [-0.25, -0.2) is 4.79 Å². The van der Waals surface area contributed by atoms with Gasteiger partial charge in [-0.05, 0) is 49.7 Å². The van der Waals surface area contributed by atoms with Crippen LogP contribution in [0.2, 0.25) is 0 Å². The summed E-state index contributed by atoms with van der Waals surface area (Å²) in [6, 6.07) is 10.3. The van der Waals surface area contributed by atoms with E-state index in [4.69, 9.17) is 14.2 Å². The van der Waals surface area contributed by atoms with Crippen LogP contribution in [0.5, 0.6) is 11.5 Å². The number of esters is 1. The van der Waals surface area contributed by atoms with Crippen LogP contribution in [0.4, 0.5) is 5.69 Å². The lowest BCUT2D eigenvalue weighted by Crippen LogP contribution is -2.46. The van der Waals surface area contributed by atoms with Crippen LogP contribution in [-0.4, -0.2) is 49.8 Å². The molecule has 0 bridgehead atoms. The minimum absolute atomic E-state index is 0.124. The molecule has 2 aromatic carbocycles. The minimum atomic E-state index is -1.65. The fraction of sp³-hybridized carbons (Fsp3) is 0.333. The predicted molar refractivity (Wildman–Crippen MR) is 105 cm³/mol. The third-order valence-corrected chi connectivity index (χ3v) is 4.22. The highest BCUT2D eigenvalue weighted by molar-refractivity contribution is 6.03. The number of aliphatic hydroxyl groups excluding tert-OH is 1. The number of hydrogen-bond donors (Lipinski definition) is 2. The topological polar surface area (TPSA) is 94.1 Å².